The topological polar surface area (TPSA) is 67.8 Å². The zero-order valence-corrected chi connectivity index (χ0v) is 23.6. The van der Waals surface area contributed by atoms with E-state index in [1.165, 1.54) is 6.07 Å². The molecule has 6 heteroatoms. The van der Waals surface area contributed by atoms with Crippen molar-refractivity contribution in [2.45, 2.75) is 73.0 Å². The fourth-order valence-corrected chi connectivity index (χ4v) is 5.64. The number of fused-ring (bicyclic) bond motifs is 1. The van der Waals surface area contributed by atoms with Crippen LogP contribution in [0.3, 0.4) is 0 Å². The third-order valence-corrected chi connectivity index (χ3v) is 7.36. The van der Waals surface area contributed by atoms with Crippen LogP contribution in [0.5, 0.6) is 5.75 Å². The van der Waals surface area contributed by atoms with Crippen molar-refractivity contribution in [3.8, 4) is 28.0 Å². The maximum absolute atomic E-state index is 14.2. The van der Waals surface area contributed by atoms with Gasteiger partial charge in [0.2, 0.25) is 0 Å². The van der Waals surface area contributed by atoms with Crippen LogP contribution in [-0.2, 0) is 16.0 Å². The number of hydrogen-bond donors (Lipinski definition) is 2. The number of ether oxygens (including phenoxy) is 2. The number of benzene rings is 3. The van der Waals surface area contributed by atoms with Crippen LogP contribution < -0.4 is 10.1 Å². The van der Waals surface area contributed by atoms with Gasteiger partial charge in [0.1, 0.15) is 11.6 Å². The summed E-state index contributed by atoms with van der Waals surface area (Å²) in [4.78, 5) is 12.8. The van der Waals surface area contributed by atoms with Gasteiger partial charge in [-0.05, 0) is 124 Å². The number of carboxylic acid groups (broad SMARTS) is 1. The molecule has 2 N–H and O–H groups in total. The average Bonchev–Trinajstić information content (AvgIpc) is 2.85. The highest BCUT2D eigenvalue weighted by molar-refractivity contribution is 5.95. The molecule has 1 atom stereocenters. The molecule has 1 aliphatic rings. The van der Waals surface area contributed by atoms with Crippen molar-refractivity contribution in [2.24, 2.45) is 0 Å². The molecule has 0 aromatic heterocycles. The molecule has 4 rings (SSSR count). The average molecular weight is 520 g/mol. The Labute approximate surface area is 225 Å². The maximum atomic E-state index is 14.2. The van der Waals surface area contributed by atoms with Gasteiger partial charge in [0, 0.05) is 23.9 Å². The van der Waals surface area contributed by atoms with Crippen LogP contribution in [0.15, 0.2) is 30.3 Å². The smallest absolute Gasteiger partial charge is 0.337 e. The van der Waals surface area contributed by atoms with Gasteiger partial charge >= 0.3 is 5.97 Å². The molecule has 1 unspecified atom stereocenters. The standard InChI is InChI=1S/C32H38FNO4/c1-17-16-21(11-13-24(17)33)26-19(3)27(23-12-14-25-22(18(23)2)10-9-15-37-25)28(20(4)29(26)34-8)30(31(35)36)38-32(5,6)7/h11-14,16,30,34H,9-10,15H2,1-8H3,(H,35,36). The summed E-state index contributed by atoms with van der Waals surface area (Å²) in [7, 11) is 1.83. The quantitative estimate of drug-likeness (QED) is 0.349. The summed E-state index contributed by atoms with van der Waals surface area (Å²) in [5.74, 6) is -0.425. The molecule has 0 bridgehead atoms. The number of carboxylic acids is 1. The van der Waals surface area contributed by atoms with Crippen LogP contribution >= 0.6 is 0 Å². The predicted octanol–water partition coefficient (Wildman–Crippen LogP) is 7.70. The molecule has 0 fully saturated rings. The van der Waals surface area contributed by atoms with Crippen LogP contribution in [0.4, 0.5) is 10.1 Å². The van der Waals surface area contributed by atoms with Crippen molar-refractivity contribution >= 4 is 11.7 Å². The van der Waals surface area contributed by atoms with Gasteiger partial charge in [0.05, 0.1) is 12.2 Å². The molecule has 0 amide bonds. The normalized spacial score (nSPS) is 14.0. The third kappa shape index (κ3) is 5.02. The van der Waals surface area contributed by atoms with Gasteiger partial charge in [0.15, 0.2) is 6.10 Å². The first-order chi connectivity index (χ1) is 17.9. The van der Waals surface area contributed by atoms with Crippen LogP contribution in [-0.4, -0.2) is 30.3 Å². The molecule has 3 aromatic carbocycles. The Morgan fingerprint density at radius 3 is 2.37 bits per heavy atom. The van der Waals surface area contributed by atoms with E-state index in [1.807, 2.05) is 59.9 Å². The second kappa shape index (κ2) is 10.4. The summed E-state index contributed by atoms with van der Waals surface area (Å²) in [6.07, 6.45) is 0.653. The Balaban J connectivity index is 2.15. The molecule has 38 heavy (non-hydrogen) atoms. The molecule has 1 heterocycles. The fraction of sp³-hybridized carbons (Fsp3) is 0.406. The monoisotopic (exact) mass is 519 g/mol. The van der Waals surface area contributed by atoms with Crippen LogP contribution in [0.25, 0.3) is 22.3 Å². The first-order valence-electron chi connectivity index (χ1n) is 13.1. The summed E-state index contributed by atoms with van der Waals surface area (Å²) < 4.78 is 26.4. The number of carbonyl (C=O) groups is 1. The van der Waals surface area contributed by atoms with Crippen LogP contribution in [0.1, 0.15) is 66.7 Å². The lowest BCUT2D eigenvalue weighted by molar-refractivity contribution is -0.160. The first kappa shape index (κ1) is 27.6. The van der Waals surface area contributed by atoms with Gasteiger partial charge in [0.25, 0.3) is 0 Å². The van der Waals surface area contributed by atoms with Crippen molar-refractivity contribution in [2.75, 3.05) is 19.0 Å². The van der Waals surface area contributed by atoms with E-state index in [9.17, 15) is 14.3 Å². The molecule has 0 radical (unpaired) electrons. The Morgan fingerprint density at radius 2 is 1.76 bits per heavy atom. The summed E-state index contributed by atoms with van der Waals surface area (Å²) in [6.45, 7) is 14.1. The molecule has 0 aliphatic carbocycles. The largest absolute Gasteiger partial charge is 0.493 e. The van der Waals surface area contributed by atoms with E-state index in [1.54, 1.807) is 13.0 Å². The minimum atomic E-state index is -1.19. The minimum absolute atomic E-state index is 0.263. The van der Waals surface area contributed by atoms with Gasteiger partial charge in [-0.2, -0.15) is 0 Å². The number of rotatable bonds is 6. The van der Waals surface area contributed by atoms with E-state index in [0.29, 0.717) is 17.7 Å². The highest BCUT2D eigenvalue weighted by atomic mass is 19.1. The third-order valence-electron chi connectivity index (χ3n) is 7.36. The van der Waals surface area contributed by atoms with Gasteiger partial charge in [-0.1, -0.05) is 12.1 Å². The SMILES string of the molecule is CNc1c(C)c(C(OC(C)(C)C)C(=O)O)c(-c2ccc3c(c2C)CCCO3)c(C)c1-c1ccc(F)c(C)c1. The number of aliphatic carboxylic acids is 1. The Kier molecular flexibility index (Phi) is 7.57. The number of hydrogen-bond acceptors (Lipinski definition) is 4. The number of anilines is 1. The molecule has 0 saturated heterocycles. The predicted molar refractivity (Wildman–Crippen MR) is 151 cm³/mol. The lowest BCUT2D eigenvalue weighted by Gasteiger charge is -2.32. The minimum Gasteiger partial charge on any atom is -0.493 e. The second-order valence-electron chi connectivity index (χ2n) is 11.1. The maximum Gasteiger partial charge on any atom is 0.337 e. The van der Waals surface area contributed by atoms with E-state index in [2.05, 4.69) is 12.2 Å². The van der Waals surface area contributed by atoms with Crippen molar-refractivity contribution < 1.29 is 23.8 Å². The van der Waals surface area contributed by atoms with E-state index in [0.717, 1.165) is 68.8 Å². The Bertz CT molecular complexity index is 1400. The summed E-state index contributed by atoms with van der Waals surface area (Å²) >= 11 is 0. The zero-order chi connectivity index (χ0) is 27.9. The molecular weight excluding hydrogens is 481 g/mol. The molecule has 202 valence electrons. The molecule has 0 saturated carbocycles. The van der Waals surface area contributed by atoms with E-state index >= 15 is 0 Å². The Morgan fingerprint density at radius 1 is 1.05 bits per heavy atom. The Hall–Kier alpha value is -3.38. The van der Waals surface area contributed by atoms with Crippen molar-refractivity contribution in [1.29, 1.82) is 0 Å². The molecule has 1 aliphatic heterocycles. The van der Waals surface area contributed by atoms with Crippen molar-refractivity contribution in [3.05, 3.63) is 69.5 Å². The summed E-state index contributed by atoms with van der Waals surface area (Å²) in [5.41, 5.74) is 8.77. The summed E-state index contributed by atoms with van der Waals surface area (Å²) in [6, 6.07) is 9.12. The van der Waals surface area contributed by atoms with Crippen molar-refractivity contribution in [3.63, 3.8) is 0 Å². The number of aryl methyl sites for hydroxylation is 1. The van der Waals surface area contributed by atoms with Crippen LogP contribution in [0.2, 0.25) is 0 Å². The van der Waals surface area contributed by atoms with Gasteiger partial charge < -0.3 is 19.9 Å². The molecule has 3 aromatic rings. The van der Waals surface area contributed by atoms with Crippen LogP contribution in [0, 0.1) is 33.5 Å². The number of halogens is 1. The number of nitrogens with one attached hydrogen (secondary N) is 1. The lowest BCUT2D eigenvalue weighted by Crippen LogP contribution is -2.28. The molecule has 0 spiro atoms. The van der Waals surface area contributed by atoms with Gasteiger partial charge in [-0.3, -0.25) is 0 Å². The van der Waals surface area contributed by atoms with Gasteiger partial charge in [-0.25, -0.2) is 9.18 Å². The fourth-order valence-electron chi connectivity index (χ4n) is 5.64. The van der Waals surface area contributed by atoms with Crippen molar-refractivity contribution in [1.82, 2.24) is 0 Å². The van der Waals surface area contributed by atoms with E-state index in [4.69, 9.17) is 9.47 Å². The zero-order valence-electron chi connectivity index (χ0n) is 23.6. The first-order valence-corrected chi connectivity index (χ1v) is 13.1. The van der Waals surface area contributed by atoms with E-state index in [-0.39, 0.29) is 5.82 Å². The highest BCUT2D eigenvalue weighted by Crippen LogP contribution is 2.48. The van der Waals surface area contributed by atoms with Gasteiger partial charge in [-0.15, -0.1) is 0 Å². The lowest BCUT2D eigenvalue weighted by atomic mass is 9.80. The summed E-state index contributed by atoms with van der Waals surface area (Å²) in [5, 5.41) is 13.8. The molecular formula is C32H38FNO4. The molecule has 5 nitrogen and oxygen atoms in total. The van der Waals surface area contributed by atoms with E-state index < -0.39 is 17.7 Å². The highest BCUT2D eigenvalue weighted by Gasteiger charge is 2.34. The second-order valence-corrected chi connectivity index (χ2v) is 11.1.